The third-order valence-corrected chi connectivity index (χ3v) is 9.44. The highest BCUT2D eigenvalue weighted by Crippen LogP contribution is 2.43. The van der Waals surface area contributed by atoms with E-state index >= 15 is 0 Å². The van der Waals surface area contributed by atoms with Gasteiger partial charge < -0.3 is 4.42 Å². The Kier molecular flexibility index (Phi) is 5.46. The van der Waals surface area contributed by atoms with Crippen LogP contribution in [0.1, 0.15) is 25.3 Å². The van der Waals surface area contributed by atoms with Gasteiger partial charge in [-0.2, -0.15) is 0 Å². The third kappa shape index (κ3) is 3.72. The molecule has 0 saturated carbocycles. The Labute approximate surface area is 256 Å². The number of fused-ring (bicyclic) bond motifs is 3. The van der Waals surface area contributed by atoms with Crippen molar-refractivity contribution < 1.29 is 4.42 Å². The summed E-state index contributed by atoms with van der Waals surface area (Å²) >= 11 is 0. The molecule has 0 fully saturated rings. The Balaban J connectivity index is 1.19. The summed E-state index contributed by atoms with van der Waals surface area (Å²) in [5.41, 5.74) is 10.6. The molecule has 0 spiro atoms. The van der Waals surface area contributed by atoms with Crippen LogP contribution in [-0.4, -0.2) is 0 Å². The molecule has 208 valence electrons. The fourth-order valence-corrected chi connectivity index (χ4v) is 7.17. The van der Waals surface area contributed by atoms with Crippen LogP contribution in [0.25, 0.3) is 87.6 Å². The van der Waals surface area contributed by atoms with E-state index in [9.17, 15) is 0 Å². The highest BCUT2D eigenvalue weighted by molar-refractivity contribution is 6.27. The second kappa shape index (κ2) is 9.56. The van der Waals surface area contributed by atoms with Crippen LogP contribution >= 0.6 is 0 Å². The van der Waals surface area contributed by atoms with Gasteiger partial charge in [-0.3, -0.25) is 0 Å². The van der Waals surface area contributed by atoms with Crippen molar-refractivity contribution in [2.45, 2.75) is 19.8 Å². The van der Waals surface area contributed by atoms with Crippen LogP contribution in [0.3, 0.4) is 0 Å². The van der Waals surface area contributed by atoms with Gasteiger partial charge in [0.15, 0.2) is 0 Å². The average Bonchev–Trinajstić information content (AvgIpc) is 3.46. The molecule has 9 aromatic rings. The summed E-state index contributed by atoms with van der Waals surface area (Å²) < 4.78 is 6.34. The van der Waals surface area contributed by atoms with Gasteiger partial charge >= 0.3 is 0 Å². The first-order valence-electron chi connectivity index (χ1n) is 15.5. The van der Waals surface area contributed by atoms with E-state index in [-0.39, 0.29) is 0 Å². The van der Waals surface area contributed by atoms with Gasteiger partial charge in [0.05, 0.1) is 0 Å². The minimum absolute atomic E-state index is 0.496. The van der Waals surface area contributed by atoms with E-state index in [0.717, 1.165) is 33.1 Å². The van der Waals surface area contributed by atoms with Gasteiger partial charge in [0.1, 0.15) is 11.2 Å². The second-order valence-electron chi connectivity index (χ2n) is 12.3. The molecule has 0 N–H and O–H groups in total. The van der Waals surface area contributed by atoms with Crippen LogP contribution in [0, 0.1) is 0 Å². The van der Waals surface area contributed by atoms with Gasteiger partial charge in [0, 0.05) is 16.3 Å². The summed E-state index contributed by atoms with van der Waals surface area (Å²) in [5.74, 6) is 0.496. The maximum atomic E-state index is 6.34. The molecule has 1 heterocycles. The van der Waals surface area contributed by atoms with Gasteiger partial charge in [0.2, 0.25) is 0 Å². The quantitative estimate of drug-likeness (QED) is 0.194. The molecule has 0 saturated heterocycles. The molecule has 1 heteroatoms. The van der Waals surface area contributed by atoms with E-state index in [1.807, 2.05) is 12.1 Å². The van der Waals surface area contributed by atoms with Crippen LogP contribution < -0.4 is 0 Å². The molecular weight excluding hydrogens is 532 g/mol. The number of hydrogen-bond acceptors (Lipinski definition) is 1. The average molecular weight is 563 g/mol. The summed E-state index contributed by atoms with van der Waals surface area (Å²) in [4.78, 5) is 0. The van der Waals surface area contributed by atoms with Crippen molar-refractivity contribution in [2.24, 2.45) is 0 Å². The van der Waals surface area contributed by atoms with Crippen LogP contribution in [0.4, 0.5) is 0 Å². The highest BCUT2D eigenvalue weighted by atomic mass is 16.3. The molecule has 0 amide bonds. The van der Waals surface area contributed by atoms with Crippen LogP contribution in [0.5, 0.6) is 0 Å². The van der Waals surface area contributed by atoms with Crippen molar-refractivity contribution in [1.29, 1.82) is 0 Å². The molecule has 0 unspecified atom stereocenters. The lowest BCUT2D eigenvalue weighted by Gasteiger charge is -2.17. The summed E-state index contributed by atoms with van der Waals surface area (Å²) in [5, 5.41) is 10.2. The maximum Gasteiger partial charge on any atom is 0.143 e. The van der Waals surface area contributed by atoms with Crippen molar-refractivity contribution in [3.8, 4) is 33.4 Å². The Morgan fingerprint density at radius 2 is 1.02 bits per heavy atom. The molecule has 8 aromatic carbocycles. The lowest BCUT2D eigenvalue weighted by molar-refractivity contribution is 0.670. The molecule has 44 heavy (non-hydrogen) atoms. The maximum absolute atomic E-state index is 6.34. The topological polar surface area (TPSA) is 13.1 Å². The highest BCUT2D eigenvalue weighted by Gasteiger charge is 2.16. The van der Waals surface area contributed by atoms with E-state index in [1.165, 1.54) is 60.1 Å². The first-order valence-corrected chi connectivity index (χ1v) is 15.5. The second-order valence-corrected chi connectivity index (χ2v) is 12.3. The Hall–Kier alpha value is -5.40. The van der Waals surface area contributed by atoms with Crippen molar-refractivity contribution in [1.82, 2.24) is 0 Å². The smallest absolute Gasteiger partial charge is 0.143 e. The summed E-state index contributed by atoms with van der Waals surface area (Å²) in [7, 11) is 0. The van der Waals surface area contributed by atoms with Gasteiger partial charge in [-0.15, -0.1) is 0 Å². The number of furan rings is 1. The van der Waals surface area contributed by atoms with Crippen molar-refractivity contribution in [3.63, 3.8) is 0 Å². The predicted molar refractivity (Wildman–Crippen MR) is 188 cm³/mol. The molecule has 0 aliphatic heterocycles. The molecule has 9 rings (SSSR count). The Morgan fingerprint density at radius 3 is 1.73 bits per heavy atom. The largest absolute Gasteiger partial charge is 0.455 e. The zero-order valence-corrected chi connectivity index (χ0v) is 24.8. The lowest BCUT2D eigenvalue weighted by Crippen LogP contribution is -1.91. The van der Waals surface area contributed by atoms with Gasteiger partial charge in [0.25, 0.3) is 0 Å². The van der Waals surface area contributed by atoms with Crippen molar-refractivity contribution in [2.75, 3.05) is 0 Å². The van der Waals surface area contributed by atoms with Crippen LogP contribution in [0.15, 0.2) is 144 Å². The first kappa shape index (κ1) is 25.1. The monoisotopic (exact) mass is 562 g/mol. The SMILES string of the molecule is CC(C)c1cccc(-c2ccc3ccc4c(-c5ccc(-c6cccc7c6oc6ccccc67)cc5)ccc5ccc2c3c54)c1. The Morgan fingerprint density at radius 1 is 0.432 bits per heavy atom. The molecule has 0 atom stereocenters. The van der Waals surface area contributed by atoms with Crippen molar-refractivity contribution in [3.05, 3.63) is 145 Å². The van der Waals surface area contributed by atoms with Crippen molar-refractivity contribution >= 4 is 54.3 Å². The number of benzene rings is 8. The minimum Gasteiger partial charge on any atom is -0.455 e. The fourth-order valence-electron chi connectivity index (χ4n) is 7.17. The van der Waals surface area contributed by atoms with Gasteiger partial charge in [-0.05, 0) is 77.7 Å². The fraction of sp³-hybridized carbons (Fsp3) is 0.0698. The first-order chi connectivity index (χ1) is 21.6. The molecule has 0 bridgehead atoms. The van der Waals surface area contributed by atoms with Gasteiger partial charge in [-0.1, -0.05) is 147 Å². The van der Waals surface area contributed by atoms with E-state index in [4.69, 9.17) is 4.42 Å². The third-order valence-electron chi connectivity index (χ3n) is 9.44. The normalized spacial score (nSPS) is 12.1. The molecule has 0 radical (unpaired) electrons. The van der Waals surface area contributed by atoms with Gasteiger partial charge in [-0.25, -0.2) is 0 Å². The zero-order chi connectivity index (χ0) is 29.4. The minimum atomic E-state index is 0.496. The van der Waals surface area contributed by atoms with Crippen LogP contribution in [-0.2, 0) is 0 Å². The lowest BCUT2D eigenvalue weighted by atomic mass is 9.86. The molecular formula is C43H30O. The number of para-hydroxylation sites is 2. The van der Waals surface area contributed by atoms with E-state index in [0.29, 0.717) is 5.92 Å². The van der Waals surface area contributed by atoms with E-state index in [2.05, 4.69) is 141 Å². The molecule has 1 aromatic heterocycles. The summed E-state index contributed by atoms with van der Waals surface area (Å²) in [6.07, 6.45) is 0. The standard InChI is InChI=1S/C43H30O/c1-26(2)31-7-5-8-32(25-31)34-22-18-30-19-23-37-33(21-17-29-20-24-38(34)42(30)41(29)37)27-13-15-28(16-14-27)35-10-6-11-39-36-9-3-4-12-40(36)44-43(35)39/h3-26H,1-2H3. The molecule has 0 aliphatic rings. The molecule has 0 aliphatic carbocycles. The van der Waals surface area contributed by atoms with E-state index < -0.39 is 0 Å². The zero-order valence-electron chi connectivity index (χ0n) is 24.8. The Bertz CT molecular complexity index is 2510. The number of rotatable bonds is 4. The van der Waals surface area contributed by atoms with E-state index in [1.54, 1.807) is 0 Å². The summed E-state index contributed by atoms with van der Waals surface area (Å²) in [6.45, 7) is 4.52. The summed E-state index contributed by atoms with van der Waals surface area (Å²) in [6, 6.07) is 51.1. The molecule has 1 nitrogen and oxygen atoms in total. The predicted octanol–water partition coefficient (Wildman–Crippen LogP) is 12.6. The van der Waals surface area contributed by atoms with Crippen LogP contribution in [0.2, 0.25) is 0 Å². The number of hydrogen-bond donors (Lipinski definition) is 0.